The normalized spacial score (nSPS) is 20.3. The fourth-order valence-corrected chi connectivity index (χ4v) is 2.78. The van der Waals surface area contributed by atoms with Crippen LogP contribution in [-0.2, 0) is 6.42 Å². The molecule has 2 atom stereocenters. The van der Waals surface area contributed by atoms with Crippen LogP contribution < -0.4 is 5.32 Å². The number of furan rings is 1. The monoisotopic (exact) mass is 264 g/mol. The van der Waals surface area contributed by atoms with Gasteiger partial charge in [0.1, 0.15) is 5.76 Å². The summed E-state index contributed by atoms with van der Waals surface area (Å²) in [5.74, 6) is 1.10. The topological polar surface area (TPSA) is 28.4 Å². The van der Waals surface area contributed by atoms with E-state index in [1.807, 2.05) is 6.07 Å². The average Bonchev–Trinajstić information content (AvgIpc) is 2.96. The molecule has 0 amide bonds. The molecule has 108 valence electrons. The Balaban J connectivity index is 1.60. The minimum Gasteiger partial charge on any atom is -0.469 e. The molecule has 19 heavy (non-hydrogen) atoms. The predicted molar refractivity (Wildman–Crippen MR) is 79.4 cm³/mol. The summed E-state index contributed by atoms with van der Waals surface area (Å²) in [4.78, 5) is 2.62. The van der Waals surface area contributed by atoms with Crippen LogP contribution in [0.1, 0.15) is 45.3 Å². The number of hydrogen-bond donors (Lipinski definition) is 1. The zero-order valence-corrected chi connectivity index (χ0v) is 12.4. The first-order valence-corrected chi connectivity index (χ1v) is 7.75. The second-order valence-electron chi connectivity index (χ2n) is 5.87. The highest BCUT2D eigenvalue weighted by atomic mass is 16.3. The van der Waals surface area contributed by atoms with Gasteiger partial charge in [0.05, 0.1) is 6.26 Å². The van der Waals surface area contributed by atoms with Crippen molar-refractivity contribution in [2.45, 2.75) is 58.0 Å². The van der Waals surface area contributed by atoms with Crippen LogP contribution in [0.4, 0.5) is 0 Å². The first kappa shape index (κ1) is 14.6. The molecule has 1 fully saturated rings. The molecule has 0 bridgehead atoms. The third-order valence-electron chi connectivity index (χ3n) is 4.18. The van der Waals surface area contributed by atoms with Crippen molar-refractivity contribution in [3.63, 3.8) is 0 Å². The Hall–Kier alpha value is -0.800. The minimum absolute atomic E-state index is 0.553. The molecular formula is C16H28N2O. The molecule has 0 radical (unpaired) electrons. The van der Waals surface area contributed by atoms with Gasteiger partial charge in [0.25, 0.3) is 0 Å². The molecule has 1 N–H and O–H groups in total. The molecule has 2 rings (SSSR count). The largest absolute Gasteiger partial charge is 0.469 e. The van der Waals surface area contributed by atoms with Gasteiger partial charge in [0.2, 0.25) is 0 Å². The van der Waals surface area contributed by atoms with Crippen molar-refractivity contribution >= 4 is 0 Å². The van der Waals surface area contributed by atoms with Gasteiger partial charge in [0.15, 0.2) is 0 Å². The van der Waals surface area contributed by atoms with Crippen LogP contribution in [0.15, 0.2) is 22.8 Å². The molecule has 1 aliphatic rings. The first-order chi connectivity index (χ1) is 9.25. The molecule has 3 nitrogen and oxygen atoms in total. The Bertz CT molecular complexity index is 331. The summed E-state index contributed by atoms with van der Waals surface area (Å²) in [7, 11) is 0. The molecule has 0 spiro atoms. The fraction of sp³-hybridized carbons (Fsp3) is 0.750. The van der Waals surface area contributed by atoms with Gasteiger partial charge in [-0.2, -0.15) is 0 Å². The van der Waals surface area contributed by atoms with Crippen LogP contribution >= 0.6 is 0 Å². The summed E-state index contributed by atoms with van der Waals surface area (Å²) in [6, 6.07) is 5.23. The van der Waals surface area contributed by atoms with Crippen molar-refractivity contribution in [1.82, 2.24) is 10.2 Å². The Kier molecular flexibility index (Phi) is 5.93. The van der Waals surface area contributed by atoms with Crippen LogP contribution in [0, 0.1) is 0 Å². The molecule has 1 aliphatic heterocycles. The summed E-state index contributed by atoms with van der Waals surface area (Å²) in [5.41, 5.74) is 0. The highest BCUT2D eigenvalue weighted by Crippen LogP contribution is 2.12. The van der Waals surface area contributed by atoms with Crippen LogP contribution in [-0.4, -0.2) is 36.6 Å². The highest BCUT2D eigenvalue weighted by molar-refractivity contribution is 4.98. The average molecular weight is 264 g/mol. The number of nitrogens with zero attached hydrogens (tertiary/aromatic N) is 1. The van der Waals surface area contributed by atoms with E-state index in [0.29, 0.717) is 12.1 Å². The van der Waals surface area contributed by atoms with E-state index in [1.165, 1.54) is 32.4 Å². The SMILES string of the molecule is CC(CCc1ccco1)NCC(C)N1CCCCC1. The highest BCUT2D eigenvalue weighted by Gasteiger charge is 2.16. The quantitative estimate of drug-likeness (QED) is 0.820. The summed E-state index contributed by atoms with van der Waals surface area (Å²) >= 11 is 0. The van der Waals surface area contributed by atoms with Gasteiger partial charge >= 0.3 is 0 Å². The van der Waals surface area contributed by atoms with Crippen LogP contribution in [0.25, 0.3) is 0 Å². The van der Waals surface area contributed by atoms with E-state index in [4.69, 9.17) is 4.42 Å². The van der Waals surface area contributed by atoms with Gasteiger partial charge in [0, 0.05) is 25.0 Å². The van der Waals surface area contributed by atoms with E-state index in [9.17, 15) is 0 Å². The van der Waals surface area contributed by atoms with Crippen molar-refractivity contribution < 1.29 is 4.42 Å². The van der Waals surface area contributed by atoms with Crippen LogP contribution in [0.5, 0.6) is 0 Å². The number of aryl methyl sites for hydroxylation is 1. The molecule has 0 aromatic carbocycles. The Morgan fingerprint density at radius 3 is 2.74 bits per heavy atom. The van der Waals surface area contributed by atoms with E-state index in [-0.39, 0.29) is 0 Å². The molecule has 0 aliphatic carbocycles. The second kappa shape index (κ2) is 7.71. The van der Waals surface area contributed by atoms with Crippen molar-refractivity contribution in [1.29, 1.82) is 0 Å². The van der Waals surface area contributed by atoms with E-state index < -0.39 is 0 Å². The number of hydrogen-bond acceptors (Lipinski definition) is 3. The van der Waals surface area contributed by atoms with E-state index in [0.717, 1.165) is 25.1 Å². The van der Waals surface area contributed by atoms with Gasteiger partial charge in [-0.25, -0.2) is 0 Å². The fourth-order valence-electron chi connectivity index (χ4n) is 2.78. The van der Waals surface area contributed by atoms with Gasteiger partial charge < -0.3 is 9.73 Å². The van der Waals surface area contributed by atoms with Gasteiger partial charge in [-0.05, 0) is 58.3 Å². The summed E-state index contributed by atoms with van der Waals surface area (Å²) < 4.78 is 5.37. The molecule has 1 aromatic heterocycles. The third kappa shape index (κ3) is 5.00. The van der Waals surface area contributed by atoms with E-state index in [2.05, 4.69) is 30.1 Å². The number of nitrogens with one attached hydrogen (secondary N) is 1. The molecule has 0 saturated carbocycles. The summed E-state index contributed by atoms with van der Waals surface area (Å²) in [6.07, 6.45) is 8.08. The second-order valence-corrected chi connectivity index (χ2v) is 5.87. The van der Waals surface area contributed by atoms with E-state index >= 15 is 0 Å². The summed E-state index contributed by atoms with van der Waals surface area (Å²) in [5, 5.41) is 3.66. The van der Waals surface area contributed by atoms with Gasteiger partial charge in [-0.1, -0.05) is 6.42 Å². The molecule has 3 heteroatoms. The summed E-state index contributed by atoms with van der Waals surface area (Å²) in [6.45, 7) is 8.27. The predicted octanol–water partition coefficient (Wildman–Crippen LogP) is 3.06. The molecular weight excluding hydrogens is 236 g/mol. The maximum atomic E-state index is 5.37. The lowest BCUT2D eigenvalue weighted by molar-refractivity contribution is 0.168. The van der Waals surface area contributed by atoms with Gasteiger partial charge in [-0.3, -0.25) is 4.90 Å². The minimum atomic E-state index is 0.553. The van der Waals surface area contributed by atoms with Crippen LogP contribution in [0.2, 0.25) is 0 Å². The van der Waals surface area contributed by atoms with Crippen molar-refractivity contribution in [3.8, 4) is 0 Å². The van der Waals surface area contributed by atoms with Crippen LogP contribution in [0.3, 0.4) is 0 Å². The Labute approximate surface area is 117 Å². The zero-order valence-electron chi connectivity index (χ0n) is 12.4. The number of likely N-dealkylation sites (tertiary alicyclic amines) is 1. The molecule has 1 saturated heterocycles. The lowest BCUT2D eigenvalue weighted by Gasteiger charge is -2.33. The van der Waals surface area contributed by atoms with Crippen molar-refractivity contribution in [2.75, 3.05) is 19.6 Å². The molecule has 2 unspecified atom stereocenters. The maximum absolute atomic E-state index is 5.37. The molecule has 1 aromatic rings. The van der Waals surface area contributed by atoms with Crippen molar-refractivity contribution in [3.05, 3.63) is 24.2 Å². The van der Waals surface area contributed by atoms with Gasteiger partial charge in [-0.15, -0.1) is 0 Å². The lowest BCUT2D eigenvalue weighted by Crippen LogP contribution is -2.45. The third-order valence-corrected chi connectivity index (χ3v) is 4.18. The Morgan fingerprint density at radius 1 is 1.26 bits per heavy atom. The first-order valence-electron chi connectivity index (χ1n) is 7.75. The lowest BCUT2D eigenvalue weighted by atomic mass is 10.1. The smallest absolute Gasteiger partial charge is 0.103 e. The Morgan fingerprint density at radius 2 is 2.05 bits per heavy atom. The maximum Gasteiger partial charge on any atom is 0.103 e. The van der Waals surface area contributed by atoms with Crippen molar-refractivity contribution in [2.24, 2.45) is 0 Å². The molecule has 2 heterocycles. The zero-order chi connectivity index (χ0) is 13.5. The number of rotatable bonds is 7. The number of piperidine rings is 1. The van der Waals surface area contributed by atoms with E-state index in [1.54, 1.807) is 6.26 Å². The standard InChI is InChI=1S/C16H28N2O/c1-14(8-9-16-7-6-12-19-16)17-13-15(2)18-10-4-3-5-11-18/h6-7,12,14-15,17H,3-5,8-11,13H2,1-2H3.